The smallest absolute Gasteiger partial charge is 0.224 e. The first-order chi connectivity index (χ1) is 8.34. The number of amides is 1. The minimum Gasteiger partial charge on any atom is -0.384 e. The van der Waals surface area contributed by atoms with E-state index < -0.39 is 15.3 Å². The summed E-state index contributed by atoms with van der Waals surface area (Å²) in [6, 6.07) is 0. The van der Waals surface area contributed by atoms with E-state index in [0.29, 0.717) is 13.2 Å². The van der Waals surface area contributed by atoms with E-state index >= 15 is 0 Å². The number of hydrogen-bond acceptors (Lipinski definition) is 4. The van der Waals surface area contributed by atoms with Gasteiger partial charge in [0.05, 0.1) is 17.8 Å². The van der Waals surface area contributed by atoms with E-state index in [9.17, 15) is 13.2 Å². The second-order valence-electron chi connectivity index (χ2n) is 4.85. The number of carbonyl (C=O) groups excluding carboxylic acids is 1. The lowest BCUT2D eigenvalue weighted by Gasteiger charge is -2.18. The van der Waals surface area contributed by atoms with Crippen molar-refractivity contribution in [2.75, 3.05) is 33.9 Å². The van der Waals surface area contributed by atoms with Crippen LogP contribution in [0.2, 0.25) is 0 Å². The van der Waals surface area contributed by atoms with Crippen LogP contribution in [0.1, 0.15) is 13.8 Å². The Bertz CT molecular complexity index is 394. The van der Waals surface area contributed by atoms with Crippen LogP contribution >= 0.6 is 0 Å². The Morgan fingerprint density at radius 2 is 2.06 bits per heavy atom. The molecule has 1 heterocycles. The molecular weight excluding hydrogens is 256 g/mol. The van der Waals surface area contributed by atoms with E-state index in [-0.39, 0.29) is 24.3 Å². The molecule has 0 aliphatic carbocycles. The maximum atomic E-state index is 12.1. The number of ether oxygens (including phenoxy) is 1. The van der Waals surface area contributed by atoms with Crippen LogP contribution in [-0.4, -0.2) is 57.7 Å². The molecule has 7 heteroatoms. The SMILES string of the molecule is CNC(=O)[C@@H]1CN(S(=O)(=O)C(C)C)C[C@H]1COC. The molecule has 0 aromatic heterocycles. The number of sulfonamides is 1. The molecule has 6 nitrogen and oxygen atoms in total. The quantitative estimate of drug-likeness (QED) is 0.747. The van der Waals surface area contributed by atoms with Crippen molar-refractivity contribution in [2.45, 2.75) is 19.1 Å². The molecule has 1 rings (SSSR count). The molecule has 0 saturated carbocycles. The number of carbonyl (C=O) groups is 1. The van der Waals surface area contributed by atoms with E-state index in [0.717, 1.165) is 0 Å². The number of hydrogen-bond donors (Lipinski definition) is 1. The normalized spacial score (nSPS) is 25.6. The van der Waals surface area contributed by atoms with Crippen molar-refractivity contribution in [2.24, 2.45) is 11.8 Å². The largest absolute Gasteiger partial charge is 0.384 e. The summed E-state index contributed by atoms with van der Waals surface area (Å²) >= 11 is 0. The highest BCUT2D eigenvalue weighted by molar-refractivity contribution is 7.89. The molecule has 0 bridgehead atoms. The van der Waals surface area contributed by atoms with Crippen LogP contribution in [0, 0.1) is 11.8 Å². The third kappa shape index (κ3) is 3.02. The zero-order chi connectivity index (χ0) is 13.9. The van der Waals surface area contributed by atoms with Gasteiger partial charge in [-0.3, -0.25) is 4.79 Å². The Kier molecular flexibility index (Phi) is 5.12. The second-order valence-corrected chi connectivity index (χ2v) is 7.34. The van der Waals surface area contributed by atoms with Gasteiger partial charge < -0.3 is 10.1 Å². The molecule has 1 aliphatic rings. The Morgan fingerprint density at radius 1 is 1.44 bits per heavy atom. The summed E-state index contributed by atoms with van der Waals surface area (Å²) in [6.07, 6.45) is 0. The fourth-order valence-electron chi connectivity index (χ4n) is 2.20. The first-order valence-corrected chi connectivity index (χ1v) is 7.54. The van der Waals surface area contributed by atoms with Crippen molar-refractivity contribution in [3.05, 3.63) is 0 Å². The summed E-state index contributed by atoms with van der Waals surface area (Å²) in [5.41, 5.74) is 0. The predicted octanol–water partition coefficient (Wildman–Crippen LogP) is -0.335. The zero-order valence-electron chi connectivity index (χ0n) is 11.3. The van der Waals surface area contributed by atoms with Gasteiger partial charge in [-0.05, 0) is 13.8 Å². The Labute approximate surface area is 109 Å². The van der Waals surface area contributed by atoms with Gasteiger partial charge in [0.25, 0.3) is 0 Å². The van der Waals surface area contributed by atoms with Gasteiger partial charge in [0, 0.05) is 33.2 Å². The topological polar surface area (TPSA) is 75.7 Å². The molecule has 0 aromatic carbocycles. The van der Waals surface area contributed by atoms with Gasteiger partial charge >= 0.3 is 0 Å². The summed E-state index contributed by atoms with van der Waals surface area (Å²) < 4.78 is 30.7. The molecule has 1 fully saturated rings. The highest BCUT2D eigenvalue weighted by Crippen LogP contribution is 2.27. The highest BCUT2D eigenvalue weighted by atomic mass is 32.2. The van der Waals surface area contributed by atoms with E-state index in [2.05, 4.69) is 5.32 Å². The summed E-state index contributed by atoms with van der Waals surface area (Å²) in [5, 5.41) is 2.11. The standard InChI is InChI=1S/C11H22N2O4S/c1-8(2)18(15,16)13-5-9(7-17-4)10(6-13)11(14)12-3/h8-10H,5-7H2,1-4H3,(H,12,14)/t9-,10+/m0/s1. The second kappa shape index (κ2) is 5.99. The predicted molar refractivity (Wildman–Crippen MR) is 68.6 cm³/mol. The van der Waals surface area contributed by atoms with Crippen LogP contribution in [0.3, 0.4) is 0 Å². The Hall–Kier alpha value is -0.660. The lowest BCUT2D eigenvalue weighted by atomic mass is 9.96. The summed E-state index contributed by atoms with van der Waals surface area (Å²) in [6.45, 7) is 4.28. The number of methoxy groups -OCH3 is 1. The maximum Gasteiger partial charge on any atom is 0.224 e. The monoisotopic (exact) mass is 278 g/mol. The van der Waals surface area contributed by atoms with E-state index in [4.69, 9.17) is 4.74 Å². The Balaban J connectivity index is 2.88. The maximum absolute atomic E-state index is 12.1. The van der Waals surface area contributed by atoms with Crippen molar-refractivity contribution in [1.29, 1.82) is 0 Å². The van der Waals surface area contributed by atoms with Gasteiger partial charge in [0.15, 0.2) is 0 Å². The van der Waals surface area contributed by atoms with Crippen LogP contribution in [0.15, 0.2) is 0 Å². The highest BCUT2D eigenvalue weighted by Gasteiger charge is 2.42. The van der Waals surface area contributed by atoms with E-state index in [1.165, 1.54) is 4.31 Å². The van der Waals surface area contributed by atoms with Crippen LogP contribution in [0.4, 0.5) is 0 Å². The first-order valence-electron chi connectivity index (χ1n) is 6.04. The average molecular weight is 278 g/mol. The fourth-order valence-corrected chi connectivity index (χ4v) is 3.57. The van der Waals surface area contributed by atoms with Gasteiger partial charge in [0.2, 0.25) is 15.9 Å². The van der Waals surface area contributed by atoms with Crippen LogP contribution in [-0.2, 0) is 19.6 Å². The van der Waals surface area contributed by atoms with Gasteiger partial charge in [-0.15, -0.1) is 0 Å². The van der Waals surface area contributed by atoms with Gasteiger partial charge in [-0.1, -0.05) is 0 Å². The molecule has 2 atom stereocenters. The minimum atomic E-state index is -3.30. The van der Waals surface area contributed by atoms with E-state index in [1.807, 2.05) is 0 Å². The van der Waals surface area contributed by atoms with Crippen LogP contribution in [0.5, 0.6) is 0 Å². The Morgan fingerprint density at radius 3 is 2.50 bits per heavy atom. The van der Waals surface area contributed by atoms with Gasteiger partial charge in [-0.2, -0.15) is 0 Å². The summed E-state index contributed by atoms with van der Waals surface area (Å²) in [5.74, 6) is -0.537. The number of rotatable bonds is 5. The minimum absolute atomic E-state index is 0.0801. The molecule has 1 N–H and O–H groups in total. The van der Waals surface area contributed by atoms with Crippen LogP contribution in [0.25, 0.3) is 0 Å². The van der Waals surface area contributed by atoms with Crippen LogP contribution < -0.4 is 5.32 Å². The molecule has 0 spiro atoms. The molecule has 0 unspecified atom stereocenters. The average Bonchev–Trinajstić information content (AvgIpc) is 2.73. The van der Waals surface area contributed by atoms with Gasteiger partial charge in [0.1, 0.15) is 0 Å². The van der Waals surface area contributed by atoms with Crippen molar-refractivity contribution in [3.63, 3.8) is 0 Å². The third-order valence-electron chi connectivity index (χ3n) is 3.33. The van der Waals surface area contributed by atoms with Crippen molar-refractivity contribution >= 4 is 15.9 Å². The number of nitrogens with zero attached hydrogens (tertiary/aromatic N) is 1. The molecule has 1 amide bonds. The zero-order valence-corrected chi connectivity index (χ0v) is 12.2. The lowest BCUT2D eigenvalue weighted by Crippen LogP contribution is -2.36. The van der Waals surface area contributed by atoms with Crippen molar-refractivity contribution in [1.82, 2.24) is 9.62 Å². The van der Waals surface area contributed by atoms with E-state index in [1.54, 1.807) is 28.0 Å². The molecule has 106 valence electrons. The summed E-state index contributed by atoms with van der Waals surface area (Å²) in [4.78, 5) is 11.8. The molecule has 1 saturated heterocycles. The molecular formula is C11H22N2O4S. The summed E-state index contributed by atoms with van der Waals surface area (Å²) in [7, 11) is -0.187. The lowest BCUT2D eigenvalue weighted by molar-refractivity contribution is -0.125. The van der Waals surface area contributed by atoms with Crippen molar-refractivity contribution in [3.8, 4) is 0 Å². The molecule has 1 aliphatic heterocycles. The number of nitrogens with one attached hydrogen (secondary N) is 1. The van der Waals surface area contributed by atoms with Crippen molar-refractivity contribution < 1.29 is 17.9 Å². The fraction of sp³-hybridized carbons (Fsp3) is 0.909. The third-order valence-corrected chi connectivity index (χ3v) is 5.54. The first kappa shape index (κ1) is 15.4. The molecule has 18 heavy (non-hydrogen) atoms. The molecule has 0 radical (unpaired) electrons. The molecule has 0 aromatic rings. The van der Waals surface area contributed by atoms with Gasteiger partial charge in [-0.25, -0.2) is 12.7 Å².